The number of methoxy groups -OCH3 is 1. The van der Waals surface area contributed by atoms with E-state index in [2.05, 4.69) is 22.6 Å². The Labute approximate surface area is 89.5 Å². The highest BCUT2D eigenvalue weighted by Crippen LogP contribution is 2.08. The predicted octanol–water partition coefficient (Wildman–Crippen LogP) is 1.97. The molecular weight excluding hydrogens is 196 g/mol. The van der Waals surface area contributed by atoms with E-state index >= 15 is 0 Å². The van der Waals surface area contributed by atoms with E-state index in [1.54, 1.807) is 18.4 Å². The summed E-state index contributed by atoms with van der Waals surface area (Å²) in [5.74, 6) is 0. The van der Waals surface area contributed by atoms with Crippen LogP contribution in [0.1, 0.15) is 24.0 Å². The van der Waals surface area contributed by atoms with Gasteiger partial charge in [0.2, 0.25) is 0 Å². The summed E-state index contributed by atoms with van der Waals surface area (Å²) in [7, 11) is 1.73. The van der Waals surface area contributed by atoms with Crippen LogP contribution in [0.15, 0.2) is 5.38 Å². The molecule has 0 spiro atoms. The molecule has 1 heterocycles. The van der Waals surface area contributed by atoms with Gasteiger partial charge in [0, 0.05) is 37.4 Å². The van der Waals surface area contributed by atoms with Crippen molar-refractivity contribution < 1.29 is 4.74 Å². The van der Waals surface area contributed by atoms with Gasteiger partial charge in [0.05, 0.1) is 0 Å². The van der Waals surface area contributed by atoms with Crippen LogP contribution in [0.5, 0.6) is 0 Å². The van der Waals surface area contributed by atoms with Crippen molar-refractivity contribution in [3.8, 4) is 0 Å². The third-order valence-electron chi connectivity index (χ3n) is 2.02. The van der Waals surface area contributed by atoms with Gasteiger partial charge in [0.1, 0.15) is 5.01 Å². The number of aryl methyl sites for hydroxylation is 1. The number of ether oxygens (including phenoxy) is 1. The molecule has 1 unspecified atom stereocenters. The lowest BCUT2D eigenvalue weighted by molar-refractivity contribution is 0.184. The zero-order valence-electron chi connectivity index (χ0n) is 9.04. The molecule has 4 heteroatoms. The number of nitrogens with zero attached hydrogens (tertiary/aromatic N) is 1. The Morgan fingerprint density at radius 1 is 1.64 bits per heavy atom. The van der Waals surface area contributed by atoms with E-state index in [1.807, 2.05) is 6.92 Å². The van der Waals surface area contributed by atoms with E-state index in [9.17, 15) is 0 Å². The standard InChI is InChI=1S/C10H18N2OS/c1-8(4-5-13-3)11-6-10-12-9(2)7-14-10/h7-8,11H,4-6H2,1-3H3. The Bertz CT molecular complexity index is 262. The van der Waals surface area contributed by atoms with Gasteiger partial charge in [-0.15, -0.1) is 11.3 Å². The van der Waals surface area contributed by atoms with Crippen LogP contribution in [0.2, 0.25) is 0 Å². The number of hydrogen-bond acceptors (Lipinski definition) is 4. The van der Waals surface area contributed by atoms with Crippen molar-refractivity contribution in [2.45, 2.75) is 32.9 Å². The molecule has 1 N–H and O–H groups in total. The van der Waals surface area contributed by atoms with Gasteiger partial charge >= 0.3 is 0 Å². The molecule has 0 saturated carbocycles. The molecule has 1 aromatic heterocycles. The maximum atomic E-state index is 5.02. The molecule has 0 saturated heterocycles. The van der Waals surface area contributed by atoms with Gasteiger partial charge in [-0.1, -0.05) is 0 Å². The van der Waals surface area contributed by atoms with Gasteiger partial charge in [0.25, 0.3) is 0 Å². The van der Waals surface area contributed by atoms with Crippen LogP contribution in [0, 0.1) is 6.92 Å². The first-order valence-electron chi connectivity index (χ1n) is 4.85. The second-order valence-electron chi connectivity index (χ2n) is 3.45. The lowest BCUT2D eigenvalue weighted by atomic mass is 10.2. The van der Waals surface area contributed by atoms with E-state index in [1.165, 1.54) is 0 Å². The molecule has 14 heavy (non-hydrogen) atoms. The number of nitrogens with one attached hydrogen (secondary N) is 1. The first-order valence-corrected chi connectivity index (χ1v) is 5.73. The van der Waals surface area contributed by atoms with Crippen LogP contribution >= 0.6 is 11.3 Å². The summed E-state index contributed by atoms with van der Waals surface area (Å²) in [5, 5.41) is 6.65. The van der Waals surface area contributed by atoms with Gasteiger partial charge in [-0.2, -0.15) is 0 Å². The maximum Gasteiger partial charge on any atom is 0.107 e. The summed E-state index contributed by atoms with van der Waals surface area (Å²) in [6.45, 7) is 5.86. The number of rotatable bonds is 6. The molecule has 80 valence electrons. The zero-order chi connectivity index (χ0) is 10.4. The first kappa shape index (κ1) is 11.6. The van der Waals surface area contributed by atoms with Crippen molar-refractivity contribution in [1.29, 1.82) is 0 Å². The van der Waals surface area contributed by atoms with Crippen LogP contribution in [0.25, 0.3) is 0 Å². The highest BCUT2D eigenvalue weighted by molar-refractivity contribution is 7.09. The lowest BCUT2D eigenvalue weighted by Gasteiger charge is -2.11. The molecule has 0 aromatic carbocycles. The van der Waals surface area contributed by atoms with Crippen LogP contribution < -0.4 is 5.32 Å². The van der Waals surface area contributed by atoms with E-state index in [0.29, 0.717) is 6.04 Å². The fraction of sp³-hybridized carbons (Fsp3) is 0.700. The quantitative estimate of drug-likeness (QED) is 0.786. The summed E-state index contributed by atoms with van der Waals surface area (Å²) in [5.41, 5.74) is 1.11. The van der Waals surface area contributed by atoms with Crippen molar-refractivity contribution >= 4 is 11.3 Å². The molecule has 0 amide bonds. The highest BCUT2D eigenvalue weighted by Gasteiger charge is 2.02. The van der Waals surface area contributed by atoms with Gasteiger partial charge in [0.15, 0.2) is 0 Å². The number of hydrogen-bond donors (Lipinski definition) is 1. The Balaban J connectivity index is 2.20. The molecule has 0 aliphatic carbocycles. The predicted molar refractivity (Wildman–Crippen MR) is 59.6 cm³/mol. The SMILES string of the molecule is COCCC(C)NCc1nc(C)cs1. The van der Waals surface area contributed by atoms with Crippen LogP contribution in [-0.2, 0) is 11.3 Å². The van der Waals surface area contributed by atoms with Crippen LogP contribution in [0.3, 0.4) is 0 Å². The fourth-order valence-electron chi connectivity index (χ4n) is 1.14. The third kappa shape index (κ3) is 4.17. The summed E-state index contributed by atoms with van der Waals surface area (Å²) in [6, 6.07) is 0.485. The van der Waals surface area contributed by atoms with Crippen molar-refractivity contribution in [3.63, 3.8) is 0 Å². The van der Waals surface area contributed by atoms with Gasteiger partial charge < -0.3 is 10.1 Å². The largest absolute Gasteiger partial charge is 0.385 e. The Kier molecular flexibility index (Phi) is 5.07. The molecular formula is C10H18N2OS. The molecule has 0 radical (unpaired) electrons. The van der Waals surface area contributed by atoms with E-state index < -0.39 is 0 Å². The lowest BCUT2D eigenvalue weighted by Crippen LogP contribution is -2.26. The molecule has 0 bridgehead atoms. The third-order valence-corrected chi connectivity index (χ3v) is 2.99. The number of thiazole rings is 1. The average molecular weight is 214 g/mol. The topological polar surface area (TPSA) is 34.1 Å². The Morgan fingerprint density at radius 2 is 2.43 bits per heavy atom. The zero-order valence-corrected chi connectivity index (χ0v) is 9.86. The van der Waals surface area contributed by atoms with Crippen molar-refractivity contribution in [3.05, 3.63) is 16.1 Å². The second-order valence-corrected chi connectivity index (χ2v) is 4.39. The molecule has 0 aliphatic rings. The minimum absolute atomic E-state index is 0.485. The fourth-order valence-corrected chi connectivity index (χ4v) is 1.86. The van der Waals surface area contributed by atoms with E-state index in [-0.39, 0.29) is 0 Å². The molecule has 1 aromatic rings. The normalized spacial score (nSPS) is 13.1. The summed E-state index contributed by atoms with van der Waals surface area (Å²) in [4.78, 5) is 4.39. The van der Waals surface area contributed by atoms with Crippen molar-refractivity contribution in [2.24, 2.45) is 0 Å². The second kappa shape index (κ2) is 6.11. The highest BCUT2D eigenvalue weighted by atomic mass is 32.1. The summed E-state index contributed by atoms with van der Waals surface area (Å²) in [6.07, 6.45) is 1.04. The smallest absolute Gasteiger partial charge is 0.107 e. The average Bonchev–Trinajstić information content (AvgIpc) is 2.58. The first-order chi connectivity index (χ1) is 6.72. The van der Waals surface area contributed by atoms with Gasteiger partial charge in [-0.25, -0.2) is 4.98 Å². The van der Waals surface area contributed by atoms with Gasteiger partial charge in [-0.3, -0.25) is 0 Å². The van der Waals surface area contributed by atoms with Crippen LogP contribution in [0.4, 0.5) is 0 Å². The molecule has 0 fully saturated rings. The molecule has 1 atom stereocenters. The number of aromatic nitrogens is 1. The summed E-state index contributed by atoms with van der Waals surface area (Å²) < 4.78 is 5.02. The van der Waals surface area contributed by atoms with E-state index in [0.717, 1.165) is 30.3 Å². The Hall–Kier alpha value is -0.450. The van der Waals surface area contributed by atoms with Crippen molar-refractivity contribution in [2.75, 3.05) is 13.7 Å². The molecule has 1 rings (SSSR count). The maximum absolute atomic E-state index is 5.02. The minimum Gasteiger partial charge on any atom is -0.385 e. The molecule has 0 aliphatic heterocycles. The van der Waals surface area contributed by atoms with E-state index in [4.69, 9.17) is 4.74 Å². The van der Waals surface area contributed by atoms with Gasteiger partial charge in [-0.05, 0) is 20.3 Å². The Morgan fingerprint density at radius 3 is 3.00 bits per heavy atom. The monoisotopic (exact) mass is 214 g/mol. The summed E-state index contributed by atoms with van der Waals surface area (Å²) >= 11 is 1.71. The van der Waals surface area contributed by atoms with Crippen LogP contribution in [-0.4, -0.2) is 24.7 Å². The van der Waals surface area contributed by atoms with Crippen molar-refractivity contribution in [1.82, 2.24) is 10.3 Å². The minimum atomic E-state index is 0.485. The molecule has 3 nitrogen and oxygen atoms in total.